The summed E-state index contributed by atoms with van der Waals surface area (Å²) in [6.07, 6.45) is 0. The molecule has 1 heterocycles. The number of rotatable bonds is 3. The van der Waals surface area contributed by atoms with Crippen LogP contribution in [0.4, 0.5) is 0 Å². The van der Waals surface area contributed by atoms with E-state index in [0.29, 0.717) is 33.3 Å². The number of sulfonamides is 1. The molecule has 0 amide bonds. The van der Waals surface area contributed by atoms with Gasteiger partial charge in [-0.15, -0.1) is 0 Å². The lowest BCUT2D eigenvalue weighted by Crippen LogP contribution is -2.22. The zero-order chi connectivity index (χ0) is 21.9. The van der Waals surface area contributed by atoms with Crippen molar-refractivity contribution in [3.05, 3.63) is 83.4 Å². The monoisotopic (exact) mass is 431 g/mol. The van der Waals surface area contributed by atoms with Gasteiger partial charge < -0.3 is 0 Å². The topological polar surface area (TPSA) is 89.3 Å². The Hall–Kier alpha value is -3.62. The first-order valence-electron chi connectivity index (χ1n) is 9.54. The fourth-order valence-corrected chi connectivity index (χ4v) is 4.74. The molecule has 1 aliphatic rings. The molecule has 154 valence electrons. The highest BCUT2D eigenvalue weighted by Gasteiger charge is 2.30. The van der Waals surface area contributed by atoms with E-state index in [1.807, 2.05) is 12.1 Å². The molecule has 0 radical (unpaired) electrons. The highest BCUT2D eigenvalue weighted by molar-refractivity contribution is 7.89. The summed E-state index contributed by atoms with van der Waals surface area (Å²) in [4.78, 5) is 26.3. The zero-order valence-electron chi connectivity index (χ0n) is 16.7. The molecule has 0 fully saturated rings. The summed E-state index contributed by atoms with van der Waals surface area (Å²) in [6, 6.07) is 18.2. The number of carbonyl (C=O) groups is 2. The highest BCUT2D eigenvalue weighted by Crippen LogP contribution is 2.38. The third-order valence-electron chi connectivity index (χ3n) is 5.45. The second-order valence-electron chi connectivity index (χ2n) is 7.45. The van der Waals surface area contributed by atoms with Gasteiger partial charge in [0, 0.05) is 41.7 Å². The van der Waals surface area contributed by atoms with Crippen LogP contribution >= 0.6 is 0 Å². The van der Waals surface area contributed by atoms with Gasteiger partial charge in [0.15, 0.2) is 5.78 Å². The van der Waals surface area contributed by atoms with E-state index in [9.17, 15) is 18.0 Å². The number of hydrogen-bond acceptors (Lipinski definition) is 5. The molecule has 31 heavy (non-hydrogen) atoms. The molecule has 0 saturated heterocycles. The lowest BCUT2D eigenvalue weighted by atomic mass is 9.87. The van der Waals surface area contributed by atoms with Crippen LogP contribution in [0, 0.1) is 0 Å². The minimum Gasteiger partial charge on any atom is -0.289 e. The van der Waals surface area contributed by atoms with Crippen LogP contribution in [0.3, 0.4) is 0 Å². The van der Waals surface area contributed by atoms with Gasteiger partial charge in [0.1, 0.15) is 5.69 Å². The average molecular weight is 431 g/mol. The minimum atomic E-state index is -3.59. The van der Waals surface area contributed by atoms with Gasteiger partial charge >= 0.3 is 0 Å². The number of fused-ring (bicyclic) bond motifs is 2. The summed E-state index contributed by atoms with van der Waals surface area (Å²) in [5.74, 6) is -0.507. The van der Waals surface area contributed by atoms with E-state index in [4.69, 9.17) is 0 Å². The van der Waals surface area contributed by atoms with Gasteiger partial charge in [-0.1, -0.05) is 36.4 Å². The second kappa shape index (κ2) is 6.69. The van der Waals surface area contributed by atoms with Crippen molar-refractivity contribution in [2.75, 3.05) is 14.1 Å². The number of benzene rings is 3. The second-order valence-corrected chi connectivity index (χ2v) is 9.60. The van der Waals surface area contributed by atoms with E-state index in [1.165, 1.54) is 43.0 Å². The molecule has 0 aliphatic heterocycles. The van der Waals surface area contributed by atoms with Crippen LogP contribution in [0.15, 0.2) is 71.6 Å². The Kier molecular flexibility index (Phi) is 4.18. The van der Waals surface area contributed by atoms with Crippen molar-refractivity contribution in [1.82, 2.24) is 14.1 Å². The van der Waals surface area contributed by atoms with Gasteiger partial charge in [-0.25, -0.2) is 12.7 Å². The van der Waals surface area contributed by atoms with Crippen LogP contribution < -0.4 is 0 Å². The smallest absolute Gasteiger partial charge is 0.278 e. The molecule has 5 rings (SSSR count). The zero-order valence-corrected chi connectivity index (χ0v) is 17.6. The van der Waals surface area contributed by atoms with Crippen molar-refractivity contribution in [2.24, 2.45) is 0 Å². The fraction of sp³-hybridized carbons (Fsp3) is 0.0870. The van der Waals surface area contributed by atoms with Gasteiger partial charge in [0.05, 0.1) is 10.4 Å². The maximum absolute atomic E-state index is 13.3. The largest absolute Gasteiger partial charge is 0.289 e. The van der Waals surface area contributed by atoms with Gasteiger partial charge in [-0.05, 0) is 30.3 Å². The van der Waals surface area contributed by atoms with E-state index in [-0.39, 0.29) is 16.2 Å². The molecule has 0 bridgehead atoms. The summed E-state index contributed by atoms with van der Waals surface area (Å²) in [5.41, 5.74) is 3.16. The lowest BCUT2D eigenvalue weighted by molar-refractivity contribution is 0.0950. The number of carbonyl (C=O) groups excluding carboxylic acids is 2. The number of hydrogen-bond donors (Lipinski definition) is 0. The summed E-state index contributed by atoms with van der Waals surface area (Å²) in [7, 11) is -0.697. The average Bonchev–Trinajstić information content (AvgIpc) is 3.17. The first-order valence-corrected chi connectivity index (χ1v) is 11.0. The van der Waals surface area contributed by atoms with Crippen LogP contribution in [0.5, 0.6) is 0 Å². The van der Waals surface area contributed by atoms with E-state index in [0.717, 1.165) is 4.31 Å². The highest BCUT2D eigenvalue weighted by atomic mass is 32.2. The molecule has 1 aromatic heterocycles. The first-order chi connectivity index (χ1) is 14.8. The Balaban J connectivity index is 1.66. The number of aromatic nitrogens is 2. The normalized spacial score (nSPS) is 12.9. The third-order valence-corrected chi connectivity index (χ3v) is 7.28. The predicted octanol–water partition coefficient (Wildman–Crippen LogP) is 3.19. The molecule has 0 saturated carbocycles. The molecule has 0 atom stereocenters. The predicted molar refractivity (Wildman–Crippen MR) is 116 cm³/mol. The molecular weight excluding hydrogens is 414 g/mol. The third kappa shape index (κ3) is 2.76. The quantitative estimate of drug-likeness (QED) is 0.438. The van der Waals surface area contributed by atoms with Crippen LogP contribution in [-0.4, -0.2) is 48.3 Å². The van der Waals surface area contributed by atoms with Crippen LogP contribution in [-0.2, 0) is 10.0 Å². The lowest BCUT2D eigenvalue weighted by Gasteiger charge is -2.13. The number of ketones is 1. The molecule has 0 unspecified atom stereocenters. The van der Waals surface area contributed by atoms with Crippen molar-refractivity contribution in [2.45, 2.75) is 4.90 Å². The van der Waals surface area contributed by atoms with Crippen LogP contribution in [0.25, 0.3) is 22.2 Å². The van der Waals surface area contributed by atoms with E-state index in [1.54, 1.807) is 30.3 Å². The summed E-state index contributed by atoms with van der Waals surface area (Å²) < 4.78 is 27.0. The molecular formula is C23H17N3O4S. The summed E-state index contributed by atoms with van der Waals surface area (Å²) in [6.45, 7) is 0. The maximum Gasteiger partial charge on any atom is 0.278 e. The minimum absolute atomic E-state index is 0.0970. The summed E-state index contributed by atoms with van der Waals surface area (Å²) in [5, 5.41) is 5.20. The van der Waals surface area contributed by atoms with E-state index >= 15 is 0 Å². The number of nitrogens with zero attached hydrogens (tertiary/aromatic N) is 3. The Morgan fingerprint density at radius 3 is 2.19 bits per heavy atom. The maximum atomic E-state index is 13.3. The fourth-order valence-electron chi connectivity index (χ4n) is 3.84. The Morgan fingerprint density at radius 2 is 1.52 bits per heavy atom. The van der Waals surface area contributed by atoms with E-state index < -0.39 is 15.9 Å². The first kappa shape index (κ1) is 19.3. The van der Waals surface area contributed by atoms with Gasteiger partial charge in [0.2, 0.25) is 10.0 Å². The molecule has 3 aromatic carbocycles. The van der Waals surface area contributed by atoms with Gasteiger partial charge in [0.25, 0.3) is 5.91 Å². The Bertz CT molecular complexity index is 1500. The summed E-state index contributed by atoms with van der Waals surface area (Å²) >= 11 is 0. The molecule has 7 nitrogen and oxygen atoms in total. The molecule has 1 aliphatic carbocycles. The van der Waals surface area contributed by atoms with E-state index in [2.05, 4.69) is 5.10 Å². The van der Waals surface area contributed by atoms with Crippen molar-refractivity contribution in [3.8, 4) is 11.3 Å². The molecule has 4 aromatic rings. The molecule has 0 spiro atoms. The SMILES string of the molecule is CN(C)S(=O)(=O)c1ccc(C(=O)n2nc3c4c(cccc42)C(=O)c2ccccc2-3)cc1. The molecule has 0 N–H and O–H groups in total. The van der Waals surface area contributed by atoms with Gasteiger partial charge in [-0.3, -0.25) is 9.59 Å². The van der Waals surface area contributed by atoms with Crippen molar-refractivity contribution >= 4 is 32.6 Å². The van der Waals surface area contributed by atoms with Gasteiger partial charge in [-0.2, -0.15) is 9.78 Å². The Labute approximate surface area is 178 Å². The van der Waals surface area contributed by atoms with Crippen molar-refractivity contribution < 1.29 is 18.0 Å². The standard InChI is InChI=1S/C23H17N3O4S/c1-25(2)31(29,30)15-12-10-14(11-13-15)23(28)26-19-9-5-8-18-20(19)21(24-26)16-6-3-4-7-17(16)22(18)27/h3-13H,1-2H3. The van der Waals surface area contributed by atoms with Crippen molar-refractivity contribution in [1.29, 1.82) is 0 Å². The van der Waals surface area contributed by atoms with Crippen molar-refractivity contribution in [3.63, 3.8) is 0 Å². The molecule has 8 heteroatoms. The van der Waals surface area contributed by atoms with Crippen LogP contribution in [0.1, 0.15) is 26.3 Å². The van der Waals surface area contributed by atoms with Crippen LogP contribution in [0.2, 0.25) is 0 Å². The Morgan fingerprint density at radius 1 is 0.871 bits per heavy atom.